The van der Waals surface area contributed by atoms with Gasteiger partial charge in [-0.3, -0.25) is 0 Å². The molecule has 8 heteroatoms. The Hall–Kier alpha value is -1.41. The van der Waals surface area contributed by atoms with E-state index in [2.05, 4.69) is 0 Å². The molecule has 0 radical (unpaired) electrons. The predicted octanol–water partition coefficient (Wildman–Crippen LogP) is 3.88. The molecule has 2 rings (SSSR count). The van der Waals surface area contributed by atoms with Crippen molar-refractivity contribution < 1.29 is 27.5 Å². The summed E-state index contributed by atoms with van der Waals surface area (Å²) in [5.41, 5.74) is 1.14. The van der Waals surface area contributed by atoms with Crippen LogP contribution in [0.25, 0.3) is 0 Å². The number of carbonyl (C=O) groups excluding carboxylic acids is 2. The molecular weight excluding hydrogens is 400 g/mol. The zero-order valence-electron chi connectivity index (χ0n) is 17.0. The fourth-order valence-corrected chi connectivity index (χ4v) is 6.10. The molecule has 158 valence electrons. The van der Waals surface area contributed by atoms with Crippen LogP contribution in [0.15, 0.2) is 5.38 Å². The molecule has 0 atom stereocenters. The van der Waals surface area contributed by atoms with Gasteiger partial charge in [-0.2, -0.15) is 0 Å². The highest BCUT2D eigenvalue weighted by atomic mass is 32.2. The van der Waals surface area contributed by atoms with Crippen LogP contribution >= 0.6 is 11.3 Å². The highest BCUT2D eigenvalue weighted by Crippen LogP contribution is 2.34. The molecule has 28 heavy (non-hydrogen) atoms. The van der Waals surface area contributed by atoms with Crippen LogP contribution in [-0.4, -0.2) is 45.6 Å². The van der Waals surface area contributed by atoms with Crippen LogP contribution in [-0.2, 0) is 25.7 Å². The molecule has 0 aliphatic heterocycles. The minimum Gasteiger partial charge on any atom is -0.465 e. The molecule has 0 saturated heterocycles. The molecule has 0 unspecified atom stereocenters. The molecule has 1 fully saturated rings. The summed E-state index contributed by atoms with van der Waals surface area (Å²) in [7, 11) is -0.395. The van der Waals surface area contributed by atoms with Gasteiger partial charge in [0, 0.05) is 0 Å². The third-order valence-electron chi connectivity index (χ3n) is 5.60. The van der Waals surface area contributed by atoms with Gasteiger partial charge < -0.3 is 9.47 Å². The molecule has 6 nitrogen and oxygen atoms in total. The second-order valence-corrected chi connectivity index (χ2v) is 11.2. The Morgan fingerprint density at radius 2 is 1.64 bits per heavy atom. The second kappa shape index (κ2) is 9.87. The lowest BCUT2D eigenvalue weighted by Gasteiger charge is -2.28. The molecule has 0 amide bonds. The number of ether oxygens (including phenoxy) is 2. The van der Waals surface area contributed by atoms with Gasteiger partial charge in [-0.05, 0) is 62.3 Å². The fourth-order valence-electron chi connectivity index (χ4n) is 3.71. The highest BCUT2D eigenvalue weighted by Gasteiger charge is 2.28. The Labute approximate surface area is 171 Å². The first-order valence-electron chi connectivity index (χ1n) is 9.68. The fraction of sp³-hybridized carbons (Fsp3) is 0.700. The smallest absolute Gasteiger partial charge is 0.348 e. The van der Waals surface area contributed by atoms with Crippen molar-refractivity contribution >= 4 is 33.1 Å². The van der Waals surface area contributed by atoms with Crippen molar-refractivity contribution in [2.24, 2.45) is 11.8 Å². The number of hydrogen-bond donors (Lipinski definition) is 0. The van der Waals surface area contributed by atoms with Crippen LogP contribution in [0.5, 0.6) is 0 Å². The number of thiophene rings is 1. The third kappa shape index (κ3) is 5.56. The van der Waals surface area contributed by atoms with Gasteiger partial charge in [0.1, 0.15) is 4.88 Å². The van der Waals surface area contributed by atoms with Crippen molar-refractivity contribution in [3.63, 3.8) is 0 Å². The number of rotatable bonds is 8. The molecule has 0 N–H and O–H groups in total. The summed E-state index contributed by atoms with van der Waals surface area (Å²) >= 11 is 1.21. The summed E-state index contributed by atoms with van der Waals surface area (Å²) < 4.78 is 33.9. The van der Waals surface area contributed by atoms with E-state index in [1.807, 2.05) is 5.38 Å². The zero-order valence-corrected chi connectivity index (χ0v) is 18.7. The van der Waals surface area contributed by atoms with Crippen molar-refractivity contribution in [3.8, 4) is 0 Å². The molecule has 1 aliphatic rings. The van der Waals surface area contributed by atoms with Crippen molar-refractivity contribution in [2.45, 2.75) is 57.6 Å². The van der Waals surface area contributed by atoms with Crippen LogP contribution in [0.2, 0.25) is 0 Å². The largest absolute Gasteiger partial charge is 0.465 e. The van der Waals surface area contributed by atoms with E-state index in [-0.39, 0.29) is 21.8 Å². The van der Waals surface area contributed by atoms with Crippen LogP contribution in [0.4, 0.5) is 0 Å². The van der Waals surface area contributed by atoms with Gasteiger partial charge in [0.05, 0.1) is 30.8 Å². The number of hydrogen-bond acceptors (Lipinski definition) is 7. The number of aryl methyl sites for hydroxylation is 1. The van der Waals surface area contributed by atoms with Crippen LogP contribution in [0, 0.1) is 11.8 Å². The summed E-state index contributed by atoms with van der Waals surface area (Å²) in [6, 6.07) is 0. The van der Waals surface area contributed by atoms with E-state index >= 15 is 0 Å². The summed E-state index contributed by atoms with van der Waals surface area (Å²) in [6.07, 6.45) is 5.46. The Bertz CT molecular complexity index is 786. The van der Waals surface area contributed by atoms with Crippen molar-refractivity contribution in [3.05, 3.63) is 21.4 Å². The van der Waals surface area contributed by atoms with E-state index in [4.69, 9.17) is 9.47 Å². The summed E-state index contributed by atoms with van der Waals surface area (Å²) in [5.74, 6) is 0.00535. The first kappa shape index (κ1) is 22.9. The maximum atomic E-state index is 12.1. The summed E-state index contributed by atoms with van der Waals surface area (Å²) in [6.45, 7) is 3.48. The predicted molar refractivity (Wildman–Crippen MR) is 110 cm³/mol. The first-order valence-corrected chi connectivity index (χ1v) is 12.3. The molecule has 1 heterocycles. The van der Waals surface area contributed by atoms with Crippen molar-refractivity contribution in [1.29, 1.82) is 0 Å². The van der Waals surface area contributed by atoms with Crippen molar-refractivity contribution in [1.82, 2.24) is 0 Å². The third-order valence-corrected chi connectivity index (χ3v) is 8.98. The molecule has 1 aromatic rings. The highest BCUT2D eigenvalue weighted by molar-refractivity contribution is 7.91. The average Bonchev–Trinajstić information content (AvgIpc) is 3.09. The normalized spacial score (nSPS) is 20.2. The Morgan fingerprint density at radius 3 is 2.18 bits per heavy atom. The number of carbonyl (C=O) groups is 2. The molecule has 0 bridgehead atoms. The first-order chi connectivity index (χ1) is 13.2. The maximum Gasteiger partial charge on any atom is 0.348 e. The Morgan fingerprint density at radius 1 is 1.07 bits per heavy atom. The lowest BCUT2D eigenvalue weighted by Crippen LogP contribution is -2.26. The molecule has 1 saturated carbocycles. The number of sulfone groups is 1. The second-order valence-electron chi connectivity index (χ2n) is 7.75. The lowest BCUT2D eigenvalue weighted by molar-refractivity contribution is 0.0559. The summed E-state index contributed by atoms with van der Waals surface area (Å²) in [5, 5.41) is 1.52. The van der Waals surface area contributed by atoms with Gasteiger partial charge in [0.15, 0.2) is 9.84 Å². The SMILES string of the molecule is COC(=O)c1scc(CCC2CCC(CS(=O)(=O)C(C)C)CC2)c1C(=O)OC. The minimum absolute atomic E-state index is 0.251. The number of esters is 2. The Kier molecular flexibility index (Phi) is 8.07. The topological polar surface area (TPSA) is 86.7 Å². The van der Waals surface area contributed by atoms with Gasteiger partial charge in [-0.25, -0.2) is 18.0 Å². The molecule has 0 aromatic carbocycles. The lowest BCUT2D eigenvalue weighted by atomic mass is 9.80. The van der Waals surface area contributed by atoms with Gasteiger partial charge in [0.2, 0.25) is 0 Å². The van der Waals surface area contributed by atoms with E-state index in [0.717, 1.165) is 37.7 Å². The van der Waals surface area contributed by atoms with E-state index in [9.17, 15) is 18.0 Å². The Balaban J connectivity index is 1.95. The summed E-state index contributed by atoms with van der Waals surface area (Å²) in [4.78, 5) is 24.3. The molecular formula is C20H30O6S2. The maximum absolute atomic E-state index is 12.1. The van der Waals surface area contributed by atoms with Gasteiger partial charge in [0.25, 0.3) is 0 Å². The van der Waals surface area contributed by atoms with Gasteiger partial charge in [-0.1, -0.05) is 12.8 Å². The molecule has 0 spiro atoms. The van der Waals surface area contributed by atoms with Gasteiger partial charge in [-0.15, -0.1) is 11.3 Å². The quantitative estimate of drug-likeness (QED) is 0.582. The van der Waals surface area contributed by atoms with Crippen molar-refractivity contribution in [2.75, 3.05) is 20.0 Å². The van der Waals surface area contributed by atoms with E-state index in [0.29, 0.717) is 17.9 Å². The molecule has 1 aliphatic carbocycles. The number of methoxy groups -OCH3 is 2. The van der Waals surface area contributed by atoms with E-state index < -0.39 is 21.8 Å². The standard InChI is InChI=1S/C20H30O6S2/c1-13(2)28(23,24)12-15-7-5-14(6-8-15)9-10-16-11-27-18(20(22)26-4)17(16)19(21)25-3/h11,13-15H,5-10,12H2,1-4H3. The average molecular weight is 431 g/mol. The minimum atomic E-state index is -2.99. The van der Waals surface area contributed by atoms with Crippen LogP contribution < -0.4 is 0 Å². The molecule has 1 aromatic heterocycles. The van der Waals surface area contributed by atoms with E-state index in [1.165, 1.54) is 25.6 Å². The monoisotopic (exact) mass is 430 g/mol. The van der Waals surface area contributed by atoms with E-state index in [1.54, 1.807) is 13.8 Å². The van der Waals surface area contributed by atoms with Crippen LogP contribution in [0.1, 0.15) is 71.5 Å². The zero-order chi connectivity index (χ0) is 20.9. The van der Waals surface area contributed by atoms with Crippen LogP contribution in [0.3, 0.4) is 0 Å². The van der Waals surface area contributed by atoms with Gasteiger partial charge >= 0.3 is 11.9 Å².